The number of allylic oxidation sites excluding steroid dienone is 1. The quantitative estimate of drug-likeness (QED) is 0.818. The molecule has 0 spiro atoms. The molecule has 4 nitrogen and oxygen atoms in total. The summed E-state index contributed by atoms with van der Waals surface area (Å²) in [6, 6.07) is 14.9. The molecule has 0 radical (unpaired) electrons. The van der Waals surface area contributed by atoms with E-state index in [4.69, 9.17) is 15.2 Å². The first kappa shape index (κ1) is 16.2. The first-order chi connectivity index (χ1) is 12.2. The number of hydrogen-bond donors (Lipinski definition) is 1. The molecule has 1 heterocycles. The van der Waals surface area contributed by atoms with E-state index in [9.17, 15) is 0 Å². The molecule has 2 aromatic rings. The van der Waals surface area contributed by atoms with Gasteiger partial charge < -0.3 is 20.1 Å². The van der Waals surface area contributed by atoms with Gasteiger partial charge in [-0.1, -0.05) is 0 Å². The van der Waals surface area contributed by atoms with E-state index in [-0.39, 0.29) is 0 Å². The maximum atomic E-state index is 5.89. The Bertz CT molecular complexity index is 804. The monoisotopic (exact) mass is 354 g/mol. The number of anilines is 3. The maximum Gasteiger partial charge on any atom is 0.120 e. The summed E-state index contributed by atoms with van der Waals surface area (Å²) in [6.07, 6.45) is 4.13. The number of hydrogen-bond acceptors (Lipinski definition) is 5. The fraction of sp³-hybridized carbons (Fsp3) is 0.300. The van der Waals surface area contributed by atoms with Crippen molar-refractivity contribution in [3.05, 3.63) is 54.3 Å². The lowest BCUT2D eigenvalue weighted by atomic mass is 9.96. The molecule has 4 rings (SSSR count). The highest BCUT2D eigenvalue weighted by Gasteiger charge is 2.38. The van der Waals surface area contributed by atoms with Crippen LogP contribution in [-0.2, 0) is 4.74 Å². The van der Waals surface area contributed by atoms with E-state index in [1.165, 1.54) is 16.3 Å². The lowest BCUT2D eigenvalue weighted by molar-refractivity contribution is 0.264. The summed E-state index contributed by atoms with van der Waals surface area (Å²) in [5, 5.41) is 0.442. The maximum absolute atomic E-state index is 5.89. The SMILES string of the molecule is COC1=CCC2C(C1)Sc1cc(OC)ccc1N2c1ccc(N)cc1. The number of ether oxygens (including phenoxy) is 2. The van der Waals surface area contributed by atoms with Crippen molar-refractivity contribution in [2.45, 2.75) is 29.0 Å². The lowest BCUT2D eigenvalue weighted by Crippen LogP contribution is -2.44. The number of nitrogens with zero attached hydrogens (tertiary/aromatic N) is 1. The average Bonchev–Trinajstić information content (AvgIpc) is 2.66. The van der Waals surface area contributed by atoms with Crippen LogP contribution in [0.5, 0.6) is 5.75 Å². The Morgan fingerprint density at radius 2 is 1.88 bits per heavy atom. The predicted octanol–water partition coefficient (Wildman–Crippen LogP) is 4.58. The van der Waals surface area contributed by atoms with Crippen molar-refractivity contribution >= 4 is 28.8 Å². The summed E-state index contributed by atoms with van der Waals surface area (Å²) in [4.78, 5) is 3.69. The molecule has 2 aliphatic rings. The van der Waals surface area contributed by atoms with E-state index >= 15 is 0 Å². The third-order valence-corrected chi connectivity index (χ3v) is 6.25. The van der Waals surface area contributed by atoms with Gasteiger partial charge in [-0.25, -0.2) is 0 Å². The van der Waals surface area contributed by atoms with Crippen molar-refractivity contribution in [3.63, 3.8) is 0 Å². The van der Waals surface area contributed by atoms with Gasteiger partial charge in [-0.15, -0.1) is 11.8 Å². The van der Waals surface area contributed by atoms with Crippen LogP contribution in [0.1, 0.15) is 12.8 Å². The van der Waals surface area contributed by atoms with E-state index in [0.717, 1.165) is 30.0 Å². The molecule has 0 aromatic heterocycles. The molecular weight excluding hydrogens is 332 g/mol. The van der Waals surface area contributed by atoms with E-state index in [2.05, 4.69) is 35.2 Å². The summed E-state index contributed by atoms with van der Waals surface area (Å²) in [5.74, 6) is 1.97. The zero-order valence-electron chi connectivity index (χ0n) is 14.4. The van der Waals surface area contributed by atoms with E-state index in [1.807, 2.05) is 30.0 Å². The van der Waals surface area contributed by atoms with Crippen molar-refractivity contribution in [2.75, 3.05) is 24.9 Å². The minimum atomic E-state index is 0.397. The number of nitrogens with two attached hydrogens (primary N) is 1. The van der Waals surface area contributed by atoms with Crippen molar-refractivity contribution in [1.82, 2.24) is 0 Å². The molecule has 2 N–H and O–H groups in total. The molecule has 2 atom stereocenters. The molecule has 0 amide bonds. The van der Waals surface area contributed by atoms with Gasteiger partial charge in [0.15, 0.2) is 0 Å². The van der Waals surface area contributed by atoms with Crippen LogP contribution < -0.4 is 15.4 Å². The first-order valence-corrected chi connectivity index (χ1v) is 9.30. The molecule has 0 saturated carbocycles. The van der Waals surface area contributed by atoms with Gasteiger partial charge in [-0.2, -0.15) is 0 Å². The number of benzene rings is 2. The van der Waals surface area contributed by atoms with Gasteiger partial charge in [0.2, 0.25) is 0 Å². The highest BCUT2D eigenvalue weighted by Crippen LogP contribution is 2.50. The van der Waals surface area contributed by atoms with Crippen molar-refractivity contribution in [3.8, 4) is 5.75 Å². The Hall–Kier alpha value is -2.27. The predicted molar refractivity (Wildman–Crippen MR) is 104 cm³/mol. The largest absolute Gasteiger partial charge is 0.501 e. The van der Waals surface area contributed by atoms with Gasteiger partial charge in [-0.3, -0.25) is 0 Å². The highest BCUT2D eigenvalue weighted by atomic mass is 32.2. The van der Waals surface area contributed by atoms with Gasteiger partial charge in [-0.05, 0) is 55.0 Å². The zero-order valence-corrected chi connectivity index (χ0v) is 15.3. The van der Waals surface area contributed by atoms with Crippen LogP contribution in [-0.4, -0.2) is 25.5 Å². The second-order valence-corrected chi connectivity index (χ2v) is 7.61. The molecule has 1 aliphatic heterocycles. The van der Waals surface area contributed by atoms with Crippen molar-refractivity contribution in [2.24, 2.45) is 0 Å². The highest BCUT2D eigenvalue weighted by molar-refractivity contribution is 8.00. The average molecular weight is 354 g/mol. The lowest BCUT2D eigenvalue weighted by Gasteiger charge is -2.45. The minimum absolute atomic E-state index is 0.397. The second kappa shape index (κ2) is 6.56. The van der Waals surface area contributed by atoms with Crippen LogP contribution in [0.25, 0.3) is 0 Å². The van der Waals surface area contributed by atoms with E-state index in [0.29, 0.717) is 11.3 Å². The number of thioether (sulfide) groups is 1. The normalized spacial score (nSPS) is 21.8. The van der Waals surface area contributed by atoms with Crippen LogP contribution in [0.4, 0.5) is 17.1 Å². The molecular formula is C20H22N2O2S. The smallest absolute Gasteiger partial charge is 0.120 e. The van der Waals surface area contributed by atoms with Crippen LogP contribution in [0.3, 0.4) is 0 Å². The molecule has 130 valence electrons. The molecule has 0 saturated heterocycles. The summed E-state index contributed by atoms with van der Waals surface area (Å²) in [7, 11) is 3.47. The Morgan fingerprint density at radius 3 is 2.60 bits per heavy atom. The topological polar surface area (TPSA) is 47.7 Å². The fourth-order valence-corrected chi connectivity index (χ4v) is 5.04. The van der Waals surface area contributed by atoms with E-state index in [1.54, 1.807) is 14.2 Å². The summed E-state index contributed by atoms with van der Waals surface area (Å²) in [6.45, 7) is 0. The third-order valence-electron chi connectivity index (χ3n) is 4.89. The molecule has 2 unspecified atom stereocenters. The Balaban J connectivity index is 1.80. The van der Waals surface area contributed by atoms with Crippen LogP contribution in [0.15, 0.2) is 59.2 Å². The standard InChI is InChI=1S/C20H22N2O2S/c1-23-15-7-9-17-19(11-15)25-20-12-16(24-2)8-10-18(20)22(17)14-5-3-13(21)4-6-14/h3-9,11,18,20H,10,12,21H2,1-2H3. The second-order valence-electron chi connectivity index (χ2n) is 6.33. The van der Waals surface area contributed by atoms with Crippen LogP contribution in [0, 0.1) is 0 Å². The van der Waals surface area contributed by atoms with Gasteiger partial charge in [0, 0.05) is 27.9 Å². The molecule has 2 aromatic carbocycles. The minimum Gasteiger partial charge on any atom is -0.501 e. The fourth-order valence-electron chi connectivity index (χ4n) is 3.60. The van der Waals surface area contributed by atoms with Crippen molar-refractivity contribution in [1.29, 1.82) is 0 Å². The Morgan fingerprint density at radius 1 is 1.08 bits per heavy atom. The van der Waals surface area contributed by atoms with Gasteiger partial charge in [0.1, 0.15) is 5.75 Å². The van der Waals surface area contributed by atoms with Crippen molar-refractivity contribution < 1.29 is 9.47 Å². The number of rotatable bonds is 3. The summed E-state index contributed by atoms with van der Waals surface area (Å²) < 4.78 is 10.9. The Labute approximate surface area is 152 Å². The number of fused-ring (bicyclic) bond motifs is 2. The van der Waals surface area contributed by atoms with Crippen LogP contribution in [0.2, 0.25) is 0 Å². The van der Waals surface area contributed by atoms with Gasteiger partial charge in [0.05, 0.1) is 31.7 Å². The van der Waals surface area contributed by atoms with Gasteiger partial charge in [0.25, 0.3) is 0 Å². The third kappa shape index (κ3) is 2.93. The Kier molecular flexibility index (Phi) is 4.25. The van der Waals surface area contributed by atoms with E-state index < -0.39 is 0 Å². The molecule has 0 bridgehead atoms. The number of nitrogen functional groups attached to an aromatic ring is 1. The summed E-state index contributed by atoms with van der Waals surface area (Å²) >= 11 is 1.92. The zero-order chi connectivity index (χ0) is 17.4. The van der Waals surface area contributed by atoms with Crippen LogP contribution >= 0.6 is 11.8 Å². The molecule has 25 heavy (non-hydrogen) atoms. The first-order valence-electron chi connectivity index (χ1n) is 8.42. The molecule has 5 heteroatoms. The molecule has 1 aliphatic carbocycles. The molecule has 0 fully saturated rings. The number of methoxy groups -OCH3 is 2. The van der Waals surface area contributed by atoms with Gasteiger partial charge >= 0.3 is 0 Å². The summed E-state index contributed by atoms with van der Waals surface area (Å²) in [5.41, 5.74) is 9.07.